The van der Waals surface area contributed by atoms with Gasteiger partial charge >= 0.3 is 0 Å². The molecule has 1 saturated heterocycles. The largest absolute Gasteiger partial charge is 0.444 e. The van der Waals surface area contributed by atoms with E-state index in [1.807, 2.05) is 13.8 Å². The second-order valence-corrected chi connectivity index (χ2v) is 5.87. The van der Waals surface area contributed by atoms with Gasteiger partial charge in [0.1, 0.15) is 5.76 Å². The quantitative estimate of drug-likeness (QED) is 0.870. The van der Waals surface area contributed by atoms with E-state index in [4.69, 9.17) is 4.42 Å². The van der Waals surface area contributed by atoms with Gasteiger partial charge in [0.05, 0.1) is 12.2 Å². The van der Waals surface area contributed by atoms with Crippen molar-refractivity contribution in [3.63, 3.8) is 0 Å². The zero-order valence-corrected chi connectivity index (χ0v) is 11.5. The SMILES string of the molecule is Cc1nc(CN2CCNC3(CCCC3)C2)oc1C. The molecule has 0 amide bonds. The molecule has 0 bridgehead atoms. The van der Waals surface area contributed by atoms with Crippen molar-refractivity contribution in [1.82, 2.24) is 15.2 Å². The highest BCUT2D eigenvalue weighted by Crippen LogP contribution is 2.32. The molecule has 2 aliphatic rings. The lowest BCUT2D eigenvalue weighted by molar-refractivity contribution is 0.119. The molecule has 1 aliphatic carbocycles. The van der Waals surface area contributed by atoms with Gasteiger partial charge in [-0.15, -0.1) is 0 Å². The number of piperazine rings is 1. The standard InChI is InChI=1S/C14H23N3O/c1-11-12(2)18-13(16-11)9-17-8-7-15-14(10-17)5-3-4-6-14/h15H,3-10H2,1-2H3. The number of rotatable bonds is 2. The summed E-state index contributed by atoms with van der Waals surface area (Å²) >= 11 is 0. The van der Waals surface area contributed by atoms with Gasteiger partial charge < -0.3 is 9.73 Å². The third-order valence-corrected chi connectivity index (χ3v) is 4.45. The van der Waals surface area contributed by atoms with Crippen LogP contribution < -0.4 is 5.32 Å². The van der Waals surface area contributed by atoms with Gasteiger partial charge in [-0.25, -0.2) is 4.98 Å². The molecule has 1 aliphatic heterocycles. The lowest BCUT2D eigenvalue weighted by Gasteiger charge is -2.41. The van der Waals surface area contributed by atoms with Gasteiger partial charge in [0.2, 0.25) is 5.89 Å². The Balaban J connectivity index is 1.65. The molecular weight excluding hydrogens is 226 g/mol. The highest BCUT2D eigenvalue weighted by molar-refractivity contribution is 5.06. The zero-order chi connectivity index (χ0) is 12.6. The minimum absolute atomic E-state index is 0.384. The molecule has 4 nitrogen and oxygen atoms in total. The van der Waals surface area contributed by atoms with Gasteiger partial charge in [-0.05, 0) is 26.7 Å². The van der Waals surface area contributed by atoms with Crippen LogP contribution in [0.3, 0.4) is 0 Å². The molecule has 4 heteroatoms. The fraction of sp³-hybridized carbons (Fsp3) is 0.786. The van der Waals surface area contributed by atoms with Crippen LogP contribution in [-0.2, 0) is 6.54 Å². The number of hydrogen-bond acceptors (Lipinski definition) is 4. The molecule has 0 aromatic carbocycles. The monoisotopic (exact) mass is 249 g/mol. The normalized spacial score (nSPS) is 23.9. The average Bonchev–Trinajstić information content (AvgIpc) is 2.88. The van der Waals surface area contributed by atoms with Crippen molar-refractivity contribution >= 4 is 0 Å². The summed E-state index contributed by atoms with van der Waals surface area (Å²) in [4.78, 5) is 6.98. The molecule has 2 heterocycles. The Hall–Kier alpha value is -0.870. The molecule has 18 heavy (non-hydrogen) atoms. The van der Waals surface area contributed by atoms with Crippen LogP contribution in [-0.4, -0.2) is 35.1 Å². The molecule has 100 valence electrons. The molecule has 1 N–H and O–H groups in total. The second kappa shape index (κ2) is 4.67. The predicted molar refractivity (Wildman–Crippen MR) is 70.5 cm³/mol. The number of oxazole rings is 1. The van der Waals surface area contributed by atoms with Crippen molar-refractivity contribution < 1.29 is 4.42 Å². The first-order chi connectivity index (χ1) is 8.67. The number of aryl methyl sites for hydroxylation is 2. The summed E-state index contributed by atoms with van der Waals surface area (Å²) in [5, 5.41) is 3.73. The summed E-state index contributed by atoms with van der Waals surface area (Å²) in [7, 11) is 0. The summed E-state index contributed by atoms with van der Waals surface area (Å²) in [5.74, 6) is 1.83. The van der Waals surface area contributed by atoms with Crippen LogP contribution in [0.1, 0.15) is 43.0 Å². The van der Waals surface area contributed by atoms with E-state index >= 15 is 0 Å². The molecule has 3 rings (SSSR count). The molecule has 1 saturated carbocycles. The van der Waals surface area contributed by atoms with Crippen molar-refractivity contribution in [1.29, 1.82) is 0 Å². The van der Waals surface area contributed by atoms with Crippen LogP contribution in [0.2, 0.25) is 0 Å². The fourth-order valence-corrected chi connectivity index (χ4v) is 3.36. The summed E-state index contributed by atoms with van der Waals surface area (Å²) in [6, 6.07) is 0. The highest BCUT2D eigenvalue weighted by Gasteiger charge is 2.37. The zero-order valence-electron chi connectivity index (χ0n) is 11.5. The van der Waals surface area contributed by atoms with E-state index in [-0.39, 0.29) is 0 Å². The Labute approximate surface area is 109 Å². The minimum Gasteiger partial charge on any atom is -0.444 e. The van der Waals surface area contributed by atoms with Gasteiger partial charge in [0, 0.05) is 25.2 Å². The lowest BCUT2D eigenvalue weighted by Crippen LogP contribution is -2.58. The Morgan fingerprint density at radius 2 is 2.11 bits per heavy atom. The van der Waals surface area contributed by atoms with Gasteiger partial charge in [-0.1, -0.05) is 12.8 Å². The Morgan fingerprint density at radius 3 is 2.78 bits per heavy atom. The fourth-order valence-electron chi connectivity index (χ4n) is 3.36. The molecule has 0 atom stereocenters. The number of nitrogens with zero attached hydrogens (tertiary/aromatic N) is 2. The molecular formula is C14H23N3O. The van der Waals surface area contributed by atoms with Crippen LogP contribution in [0.15, 0.2) is 4.42 Å². The number of aromatic nitrogens is 1. The van der Waals surface area contributed by atoms with E-state index < -0.39 is 0 Å². The minimum atomic E-state index is 0.384. The third-order valence-electron chi connectivity index (χ3n) is 4.45. The summed E-state index contributed by atoms with van der Waals surface area (Å²) < 4.78 is 5.69. The van der Waals surface area contributed by atoms with Gasteiger partial charge in [0.15, 0.2) is 0 Å². The summed E-state index contributed by atoms with van der Waals surface area (Å²) in [5.41, 5.74) is 1.41. The maximum atomic E-state index is 5.69. The predicted octanol–water partition coefficient (Wildman–Crippen LogP) is 2.01. The van der Waals surface area contributed by atoms with Crippen LogP contribution in [0.25, 0.3) is 0 Å². The highest BCUT2D eigenvalue weighted by atomic mass is 16.4. The first kappa shape index (κ1) is 12.2. The van der Waals surface area contributed by atoms with Crippen LogP contribution >= 0.6 is 0 Å². The average molecular weight is 249 g/mol. The van der Waals surface area contributed by atoms with Crippen molar-refractivity contribution in [3.8, 4) is 0 Å². The van der Waals surface area contributed by atoms with E-state index in [1.165, 1.54) is 25.7 Å². The Morgan fingerprint density at radius 1 is 1.33 bits per heavy atom. The van der Waals surface area contributed by atoms with Crippen LogP contribution in [0.4, 0.5) is 0 Å². The van der Waals surface area contributed by atoms with E-state index in [2.05, 4.69) is 15.2 Å². The summed E-state index contributed by atoms with van der Waals surface area (Å²) in [6.45, 7) is 8.20. The molecule has 0 radical (unpaired) electrons. The van der Waals surface area contributed by atoms with Crippen LogP contribution in [0, 0.1) is 13.8 Å². The van der Waals surface area contributed by atoms with Gasteiger partial charge in [-0.3, -0.25) is 4.90 Å². The molecule has 1 aromatic rings. The van der Waals surface area contributed by atoms with Crippen molar-refractivity contribution in [2.24, 2.45) is 0 Å². The Bertz CT molecular complexity index is 401. The first-order valence-corrected chi connectivity index (χ1v) is 7.07. The molecule has 1 aromatic heterocycles. The van der Waals surface area contributed by atoms with E-state index in [1.54, 1.807) is 0 Å². The lowest BCUT2D eigenvalue weighted by atomic mass is 9.94. The number of nitrogens with one attached hydrogen (secondary N) is 1. The number of hydrogen-bond donors (Lipinski definition) is 1. The van der Waals surface area contributed by atoms with Crippen LogP contribution in [0.5, 0.6) is 0 Å². The van der Waals surface area contributed by atoms with E-state index in [0.29, 0.717) is 5.54 Å². The van der Waals surface area contributed by atoms with Crippen molar-refractivity contribution in [2.45, 2.75) is 51.6 Å². The van der Waals surface area contributed by atoms with E-state index in [0.717, 1.165) is 43.5 Å². The Kier molecular flexibility index (Phi) is 3.16. The first-order valence-electron chi connectivity index (χ1n) is 7.07. The van der Waals surface area contributed by atoms with Crippen molar-refractivity contribution in [3.05, 3.63) is 17.3 Å². The second-order valence-electron chi connectivity index (χ2n) is 5.87. The third kappa shape index (κ3) is 2.31. The van der Waals surface area contributed by atoms with E-state index in [9.17, 15) is 0 Å². The molecule has 1 spiro atoms. The molecule has 2 fully saturated rings. The topological polar surface area (TPSA) is 41.3 Å². The maximum Gasteiger partial charge on any atom is 0.208 e. The molecule has 0 unspecified atom stereocenters. The smallest absolute Gasteiger partial charge is 0.208 e. The van der Waals surface area contributed by atoms with Gasteiger partial charge in [0.25, 0.3) is 0 Å². The maximum absolute atomic E-state index is 5.69. The van der Waals surface area contributed by atoms with Gasteiger partial charge in [-0.2, -0.15) is 0 Å². The van der Waals surface area contributed by atoms with Crippen molar-refractivity contribution in [2.75, 3.05) is 19.6 Å². The summed E-state index contributed by atoms with van der Waals surface area (Å²) in [6.07, 6.45) is 5.40.